The summed E-state index contributed by atoms with van der Waals surface area (Å²) in [5.74, 6) is -1.02. The molecule has 1 heterocycles. The summed E-state index contributed by atoms with van der Waals surface area (Å²) in [6.45, 7) is 0. The summed E-state index contributed by atoms with van der Waals surface area (Å²) >= 11 is 3.33. The zero-order valence-electron chi connectivity index (χ0n) is 8.35. The maximum Gasteiger partial charge on any atom is 0.321 e. The molecule has 4 nitrogen and oxygen atoms in total. The van der Waals surface area contributed by atoms with Crippen LogP contribution < -0.4 is 5.73 Å². The monoisotopic (exact) mass is 282 g/mol. The summed E-state index contributed by atoms with van der Waals surface area (Å²) in [5, 5.41) is 9.85. The van der Waals surface area contributed by atoms with Crippen LogP contribution in [0.3, 0.4) is 0 Å². The second-order valence-electron chi connectivity index (χ2n) is 3.56. The van der Waals surface area contributed by atoms with Crippen molar-refractivity contribution in [2.24, 2.45) is 5.73 Å². The van der Waals surface area contributed by atoms with Crippen molar-refractivity contribution in [2.75, 3.05) is 0 Å². The number of hydrogen-bond acceptors (Lipinski definition) is 2. The molecule has 0 radical (unpaired) electrons. The highest BCUT2D eigenvalue weighted by atomic mass is 79.9. The molecule has 1 aromatic carbocycles. The van der Waals surface area contributed by atoms with Crippen molar-refractivity contribution < 1.29 is 9.90 Å². The Morgan fingerprint density at radius 2 is 2.12 bits per heavy atom. The van der Waals surface area contributed by atoms with E-state index < -0.39 is 16.8 Å². The number of para-hydroxylation sites is 1. The lowest BCUT2D eigenvalue weighted by Gasteiger charge is -2.13. The Labute approximate surface area is 101 Å². The minimum atomic E-state index is -1.02. The molecule has 0 aliphatic carbocycles. The molecule has 0 amide bonds. The van der Waals surface area contributed by atoms with Crippen LogP contribution in [-0.4, -0.2) is 22.1 Å². The van der Waals surface area contributed by atoms with E-state index in [1.165, 1.54) is 0 Å². The van der Waals surface area contributed by atoms with E-state index >= 15 is 0 Å². The number of aliphatic carboxylic acids is 1. The first-order valence-corrected chi connectivity index (χ1v) is 5.71. The van der Waals surface area contributed by atoms with E-state index in [4.69, 9.17) is 10.8 Å². The van der Waals surface area contributed by atoms with Gasteiger partial charge in [0.05, 0.1) is 4.83 Å². The van der Waals surface area contributed by atoms with Gasteiger partial charge in [-0.2, -0.15) is 0 Å². The highest BCUT2D eigenvalue weighted by Crippen LogP contribution is 2.31. The highest BCUT2D eigenvalue weighted by molar-refractivity contribution is 9.09. The number of benzene rings is 1. The van der Waals surface area contributed by atoms with Crippen LogP contribution in [0, 0.1) is 0 Å². The fourth-order valence-corrected chi connectivity index (χ4v) is 2.25. The maximum absolute atomic E-state index is 10.8. The first-order valence-electron chi connectivity index (χ1n) is 4.79. The van der Waals surface area contributed by atoms with Crippen molar-refractivity contribution in [1.82, 2.24) is 4.98 Å². The highest BCUT2D eigenvalue weighted by Gasteiger charge is 2.25. The molecule has 0 bridgehead atoms. The van der Waals surface area contributed by atoms with Crippen LogP contribution in [0.15, 0.2) is 30.5 Å². The van der Waals surface area contributed by atoms with E-state index in [0.29, 0.717) is 0 Å². The van der Waals surface area contributed by atoms with Gasteiger partial charge in [-0.05, 0) is 11.6 Å². The van der Waals surface area contributed by atoms with Gasteiger partial charge in [-0.3, -0.25) is 4.79 Å². The van der Waals surface area contributed by atoms with E-state index in [1.807, 2.05) is 24.3 Å². The van der Waals surface area contributed by atoms with Crippen molar-refractivity contribution in [2.45, 2.75) is 10.9 Å². The first kappa shape index (κ1) is 11.2. The molecule has 0 fully saturated rings. The lowest BCUT2D eigenvalue weighted by Crippen LogP contribution is -2.33. The zero-order chi connectivity index (χ0) is 11.7. The number of carbonyl (C=O) groups is 1. The summed E-state index contributed by atoms with van der Waals surface area (Å²) in [6.07, 6.45) is 1.78. The topological polar surface area (TPSA) is 79.1 Å². The average Bonchev–Trinajstić information content (AvgIpc) is 2.70. The molecule has 2 aromatic rings. The second kappa shape index (κ2) is 4.27. The van der Waals surface area contributed by atoms with Crippen molar-refractivity contribution >= 4 is 32.8 Å². The van der Waals surface area contributed by atoms with Gasteiger partial charge >= 0.3 is 5.97 Å². The van der Waals surface area contributed by atoms with Gasteiger partial charge < -0.3 is 15.8 Å². The van der Waals surface area contributed by atoms with Crippen LogP contribution in [0.1, 0.15) is 10.4 Å². The van der Waals surface area contributed by atoms with Crippen molar-refractivity contribution in [3.8, 4) is 0 Å². The fraction of sp³-hybridized carbons (Fsp3) is 0.182. The first-order chi connectivity index (χ1) is 7.61. The third-order valence-corrected chi connectivity index (χ3v) is 3.58. The number of alkyl halides is 1. The van der Waals surface area contributed by atoms with Gasteiger partial charge in [-0.1, -0.05) is 34.1 Å². The second-order valence-corrected chi connectivity index (χ2v) is 4.54. The largest absolute Gasteiger partial charge is 0.480 e. The molecule has 16 heavy (non-hydrogen) atoms. The van der Waals surface area contributed by atoms with E-state index in [9.17, 15) is 4.79 Å². The number of nitrogens with one attached hydrogen (secondary N) is 1. The summed E-state index contributed by atoms with van der Waals surface area (Å²) < 4.78 is 0. The van der Waals surface area contributed by atoms with Crippen LogP contribution in [-0.2, 0) is 4.79 Å². The third-order valence-electron chi connectivity index (χ3n) is 2.52. The van der Waals surface area contributed by atoms with Gasteiger partial charge in [-0.15, -0.1) is 0 Å². The third kappa shape index (κ3) is 1.83. The van der Waals surface area contributed by atoms with Gasteiger partial charge in [0.15, 0.2) is 0 Å². The molecular weight excluding hydrogens is 272 g/mol. The molecule has 0 aliphatic rings. The molecule has 84 valence electrons. The standard InChI is InChI=1S/C11H11BrN2O2/c12-9(10(13)11(15)16)7-5-14-8-4-2-1-3-6(7)8/h1-5,9-10,14H,13H2,(H,15,16)/t9?,10-/m0/s1. The molecule has 0 saturated heterocycles. The van der Waals surface area contributed by atoms with Crippen LogP contribution in [0.5, 0.6) is 0 Å². The van der Waals surface area contributed by atoms with E-state index in [1.54, 1.807) is 6.20 Å². The molecule has 1 aromatic heterocycles. The number of carboxylic acids is 1. The predicted octanol–water partition coefficient (Wildman–Crippen LogP) is 2.02. The number of rotatable bonds is 3. The van der Waals surface area contributed by atoms with Crippen molar-refractivity contribution in [3.05, 3.63) is 36.0 Å². The van der Waals surface area contributed by atoms with Gasteiger partial charge in [0.1, 0.15) is 6.04 Å². The molecule has 0 aliphatic heterocycles. The van der Waals surface area contributed by atoms with Crippen LogP contribution in [0.2, 0.25) is 0 Å². The fourth-order valence-electron chi connectivity index (χ4n) is 1.64. The minimum Gasteiger partial charge on any atom is -0.480 e. The molecule has 4 N–H and O–H groups in total. The molecule has 2 rings (SSSR count). The number of H-pyrrole nitrogens is 1. The smallest absolute Gasteiger partial charge is 0.321 e. The quantitative estimate of drug-likeness (QED) is 0.754. The number of nitrogens with two attached hydrogens (primary N) is 1. The Morgan fingerprint density at radius 1 is 1.44 bits per heavy atom. The minimum absolute atomic E-state index is 0.402. The van der Waals surface area contributed by atoms with Gasteiger partial charge in [-0.25, -0.2) is 0 Å². The lowest BCUT2D eigenvalue weighted by molar-refractivity contribution is -0.138. The molecule has 2 atom stereocenters. The summed E-state index contributed by atoms with van der Waals surface area (Å²) in [5.41, 5.74) is 7.42. The number of carboxylic acid groups (broad SMARTS) is 1. The summed E-state index contributed by atoms with van der Waals surface area (Å²) in [6, 6.07) is 6.74. The molecule has 1 unspecified atom stereocenters. The molecule has 5 heteroatoms. The average molecular weight is 283 g/mol. The van der Waals surface area contributed by atoms with E-state index in [2.05, 4.69) is 20.9 Å². The Hall–Kier alpha value is -1.33. The summed E-state index contributed by atoms with van der Waals surface area (Å²) in [4.78, 5) is 13.5. The van der Waals surface area contributed by atoms with Gasteiger partial charge in [0.2, 0.25) is 0 Å². The Balaban J connectivity index is 2.44. The van der Waals surface area contributed by atoms with E-state index in [-0.39, 0.29) is 0 Å². The number of aromatic nitrogens is 1. The number of halogens is 1. The van der Waals surface area contributed by atoms with Gasteiger partial charge in [0.25, 0.3) is 0 Å². The zero-order valence-corrected chi connectivity index (χ0v) is 9.94. The van der Waals surface area contributed by atoms with Crippen LogP contribution in [0.25, 0.3) is 10.9 Å². The normalized spacial score (nSPS) is 14.9. The lowest BCUT2D eigenvalue weighted by atomic mass is 10.1. The van der Waals surface area contributed by atoms with Crippen LogP contribution >= 0.6 is 15.9 Å². The van der Waals surface area contributed by atoms with E-state index in [0.717, 1.165) is 16.5 Å². The Kier molecular flexibility index (Phi) is 2.98. The maximum atomic E-state index is 10.8. The van der Waals surface area contributed by atoms with Crippen molar-refractivity contribution in [3.63, 3.8) is 0 Å². The molecular formula is C11H11BrN2O2. The molecule has 0 spiro atoms. The SMILES string of the molecule is N[C@H](C(=O)O)C(Br)c1c[nH]c2ccccc12. The van der Waals surface area contributed by atoms with Crippen LogP contribution in [0.4, 0.5) is 0 Å². The Bertz CT molecular complexity index is 523. The predicted molar refractivity (Wildman–Crippen MR) is 65.6 cm³/mol. The molecule has 0 saturated carbocycles. The number of aromatic amines is 1. The summed E-state index contributed by atoms with van der Waals surface area (Å²) in [7, 11) is 0. The van der Waals surface area contributed by atoms with Crippen molar-refractivity contribution in [1.29, 1.82) is 0 Å². The van der Waals surface area contributed by atoms with Gasteiger partial charge in [0, 0.05) is 17.1 Å². The number of hydrogen-bond donors (Lipinski definition) is 3. The number of fused-ring (bicyclic) bond motifs is 1. The Morgan fingerprint density at radius 3 is 2.81 bits per heavy atom.